The molecular weight excluding hydrogens is 449 g/mol. The molecule has 3 aromatic heterocycles. The summed E-state index contributed by atoms with van der Waals surface area (Å²) in [5, 5.41) is 3.24. The number of pyridine rings is 2. The first-order valence-electron chi connectivity index (χ1n) is 10.4. The van der Waals surface area contributed by atoms with E-state index in [4.69, 9.17) is 10.7 Å². The molecule has 1 atom stereocenters. The van der Waals surface area contributed by atoms with Crippen molar-refractivity contribution >= 4 is 39.0 Å². The van der Waals surface area contributed by atoms with Crippen LogP contribution in [0.2, 0.25) is 0 Å². The molecule has 5 nitrogen and oxygen atoms in total. The maximum absolute atomic E-state index is 12.8. The molecule has 3 heterocycles. The van der Waals surface area contributed by atoms with E-state index in [0.29, 0.717) is 22.6 Å². The van der Waals surface area contributed by atoms with Crippen LogP contribution in [0.4, 0.5) is 24.7 Å². The van der Waals surface area contributed by atoms with Crippen molar-refractivity contribution in [1.82, 2.24) is 9.97 Å². The van der Waals surface area contributed by atoms with Crippen LogP contribution in [-0.2, 0) is 19.0 Å². The number of nitrogens with two attached hydrogens (primary N) is 1. The predicted molar refractivity (Wildman–Crippen MR) is 122 cm³/mol. The summed E-state index contributed by atoms with van der Waals surface area (Å²) in [5.41, 5.74) is 9.17. The first-order chi connectivity index (χ1) is 15.8. The van der Waals surface area contributed by atoms with E-state index in [1.165, 1.54) is 16.9 Å². The highest BCUT2D eigenvalue weighted by Crippen LogP contribution is 2.38. The number of alkyl halides is 3. The average Bonchev–Trinajstić information content (AvgIpc) is 3.13. The lowest BCUT2D eigenvalue weighted by Crippen LogP contribution is -2.14. The number of hydrogen-bond acceptors (Lipinski definition) is 5. The van der Waals surface area contributed by atoms with Crippen molar-refractivity contribution in [2.45, 2.75) is 31.4 Å². The molecule has 0 radical (unpaired) electrons. The van der Waals surface area contributed by atoms with E-state index in [9.17, 15) is 18.0 Å². The number of aryl methyl sites for hydroxylation is 1. The lowest BCUT2D eigenvalue weighted by atomic mass is 9.82. The number of thiophene rings is 1. The molecule has 1 aliphatic carbocycles. The van der Waals surface area contributed by atoms with Crippen LogP contribution in [0.15, 0.2) is 54.7 Å². The van der Waals surface area contributed by atoms with E-state index in [2.05, 4.69) is 22.4 Å². The third-order valence-electron chi connectivity index (χ3n) is 5.90. The summed E-state index contributed by atoms with van der Waals surface area (Å²) in [6, 6.07) is 14.4. The highest BCUT2D eigenvalue weighted by Gasteiger charge is 2.31. The first kappa shape index (κ1) is 21.4. The van der Waals surface area contributed by atoms with Gasteiger partial charge in [-0.15, -0.1) is 11.3 Å². The molecule has 9 heteroatoms. The van der Waals surface area contributed by atoms with Gasteiger partial charge in [-0.05, 0) is 54.5 Å². The van der Waals surface area contributed by atoms with Crippen LogP contribution >= 0.6 is 11.3 Å². The van der Waals surface area contributed by atoms with E-state index in [-0.39, 0.29) is 10.7 Å². The third-order valence-corrected chi connectivity index (χ3v) is 7.01. The number of carbonyl (C=O) groups is 1. The lowest BCUT2D eigenvalue weighted by molar-refractivity contribution is -0.137. The van der Waals surface area contributed by atoms with Gasteiger partial charge in [0.2, 0.25) is 0 Å². The molecule has 0 bridgehead atoms. The van der Waals surface area contributed by atoms with Gasteiger partial charge in [-0.1, -0.05) is 30.3 Å². The molecule has 1 unspecified atom stereocenters. The summed E-state index contributed by atoms with van der Waals surface area (Å²) in [6.45, 7) is 0. The van der Waals surface area contributed by atoms with Crippen molar-refractivity contribution in [1.29, 1.82) is 0 Å². The Labute approximate surface area is 191 Å². The standard InChI is InChI=1S/C24H19F3N4OS/c25-24(26,27)16-7-9-19(29-12-16)31-22(32)21-20(28)17-11-15-10-14(13-4-2-1-3-5-13)6-8-18(15)30-23(17)33-21/h1-5,7,9,11-12,14H,6,8,10,28H2,(H,29,31,32). The summed E-state index contributed by atoms with van der Waals surface area (Å²) < 4.78 is 38.2. The number of hydrogen-bond donors (Lipinski definition) is 2. The molecule has 3 N–H and O–H groups in total. The quantitative estimate of drug-likeness (QED) is 0.397. The summed E-state index contributed by atoms with van der Waals surface area (Å²) in [5.74, 6) is -0.1000. The second kappa shape index (κ2) is 8.15. The Kier molecular flexibility index (Phi) is 5.28. The minimum absolute atomic E-state index is 0.0165. The molecule has 168 valence electrons. The maximum atomic E-state index is 12.8. The maximum Gasteiger partial charge on any atom is 0.417 e. The minimum Gasteiger partial charge on any atom is -0.397 e. The molecule has 0 spiro atoms. The summed E-state index contributed by atoms with van der Waals surface area (Å²) in [6.07, 6.45) is -1.10. The van der Waals surface area contributed by atoms with Crippen molar-refractivity contribution in [3.8, 4) is 0 Å². The number of benzene rings is 1. The van der Waals surface area contributed by atoms with Crippen LogP contribution in [-0.4, -0.2) is 15.9 Å². The van der Waals surface area contributed by atoms with Crippen LogP contribution in [0.3, 0.4) is 0 Å². The number of rotatable bonds is 3. The van der Waals surface area contributed by atoms with Gasteiger partial charge in [0.1, 0.15) is 15.5 Å². The molecule has 5 rings (SSSR count). The van der Waals surface area contributed by atoms with Crippen LogP contribution in [0.25, 0.3) is 10.2 Å². The van der Waals surface area contributed by atoms with E-state index in [1.54, 1.807) is 0 Å². The van der Waals surface area contributed by atoms with Gasteiger partial charge in [-0.25, -0.2) is 9.97 Å². The molecule has 1 aromatic carbocycles. The summed E-state index contributed by atoms with van der Waals surface area (Å²) >= 11 is 1.17. The van der Waals surface area contributed by atoms with Crippen molar-refractivity contribution in [3.05, 3.63) is 82.0 Å². The summed E-state index contributed by atoms with van der Waals surface area (Å²) in [7, 11) is 0. The highest BCUT2D eigenvalue weighted by molar-refractivity contribution is 7.21. The zero-order chi connectivity index (χ0) is 23.2. The molecule has 0 fully saturated rings. The second-order valence-corrected chi connectivity index (χ2v) is 9.03. The number of nitrogen functional groups attached to an aromatic ring is 1. The Balaban J connectivity index is 1.40. The molecule has 4 aromatic rings. The average molecular weight is 469 g/mol. The van der Waals surface area contributed by atoms with Crippen molar-refractivity contribution in [2.75, 3.05) is 11.1 Å². The normalized spacial score (nSPS) is 15.9. The molecule has 33 heavy (non-hydrogen) atoms. The Hall–Kier alpha value is -3.46. The van der Waals surface area contributed by atoms with Gasteiger partial charge < -0.3 is 11.1 Å². The van der Waals surface area contributed by atoms with Crippen molar-refractivity contribution in [3.63, 3.8) is 0 Å². The van der Waals surface area contributed by atoms with Gasteiger partial charge >= 0.3 is 6.18 Å². The van der Waals surface area contributed by atoms with Gasteiger partial charge in [0.05, 0.1) is 11.3 Å². The predicted octanol–water partition coefficient (Wildman–Crippen LogP) is 5.82. The topological polar surface area (TPSA) is 80.9 Å². The number of nitrogens with one attached hydrogen (secondary N) is 1. The third kappa shape index (κ3) is 4.16. The lowest BCUT2D eigenvalue weighted by Gasteiger charge is -2.24. The number of halogens is 3. The van der Waals surface area contributed by atoms with Crippen LogP contribution in [0.1, 0.15) is 44.4 Å². The number of nitrogens with zero attached hydrogens (tertiary/aromatic N) is 2. The number of fused-ring (bicyclic) bond motifs is 2. The fourth-order valence-corrected chi connectivity index (χ4v) is 5.17. The SMILES string of the molecule is Nc1c(C(=O)Nc2ccc(C(F)(F)F)cn2)sc2nc3c(cc12)CC(c1ccccc1)CC3. The number of carbonyl (C=O) groups excluding carboxylic acids is 1. The van der Waals surface area contributed by atoms with Gasteiger partial charge in [0.25, 0.3) is 5.91 Å². The molecule has 0 saturated carbocycles. The van der Waals surface area contributed by atoms with Crippen LogP contribution in [0, 0.1) is 0 Å². The Morgan fingerprint density at radius 3 is 2.64 bits per heavy atom. The Morgan fingerprint density at radius 2 is 1.94 bits per heavy atom. The largest absolute Gasteiger partial charge is 0.417 e. The minimum atomic E-state index is -4.49. The number of aromatic nitrogens is 2. The molecular formula is C24H19F3N4OS. The Morgan fingerprint density at radius 1 is 1.15 bits per heavy atom. The molecule has 0 saturated heterocycles. The smallest absolute Gasteiger partial charge is 0.397 e. The fraction of sp³-hybridized carbons (Fsp3) is 0.208. The van der Waals surface area contributed by atoms with E-state index in [0.717, 1.165) is 48.0 Å². The number of amides is 1. The Bertz CT molecular complexity index is 1330. The van der Waals surface area contributed by atoms with Crippen LogP contribution < -0.4 is 11.1 Å². The van der Waals surface area contributed by atoms with Gasteiger partial charge in [-0.3, -0.25) is 4.79 Å². The second-order valence-electron chi connectivity index (χ2n) is 8.03. The highest BCUT2D eigenvalue weighted by atomic mass is 32.1. The van der Waals surface area contributed by atoms with Crippen molar-refractivity contribution < 1.29 is 18.0 Å². The fourth-order valence-electron chi connectivity index (χ4n) is 4.18. The van der Waals surface area contributed by atoms with Gasteiger partial charge in [0, 0.05) is 17.3 Å². The zero-order valence-electron chi connectivity index (χ0n) is 17.3. The van der Waals surface area contributed by atoms with E-state index >= 15 is 0 Å². The molecule has 1 amide bonds. The van der Waals surface area contributed by atoms with E-state index in [1.807, 2.05) is 24.3 Å². The van der Waals surface area contributed by atoms with Gasteiger partial charge in [-0.2, -0.15) is 13.2 Å². The van der Waals surface area contributed by atoms with E-state index < -0.39 is 17.6 Å². The monoisotopic (exact) mass is 468 g/mol. The number of anilines is 2. The van der Waals surface area contributed by atoms with Gasteiger partial charge in [0.15, 0.2) is 0 Å². The first-order valence-corrected chi connectivity index (χ1v) is 11.2. The zero-order valence-corrected chi connectivity index (χ0v) is 18.1. The summed E-state index contributed by atoms with van der Waals surface area (Å²) in [4.78, 5) is 22.2. The molecule has 1 aliphatic rings. The van der Waals surface area contributed by atoms with Crippen LogP contribution in [0.5, 0.6) is 0 Å². The molecule has 0 aliphatic heterocycles. The van der Waals surface area contributed by atoms with Crippen molar-refractivity contribution in [2.24, 2.45) is 0 Å².